The maximum Gasteiger partial charge on any atom is 0.343 e. The van der Waals surface area contributed by atoms with Crippen molar-refractivity contribution in [2.75, 3.05) is 19.8 Å². The minimum absolute atomic E-state index is 0.0154. The summed E-state index contributed by atoms with van der Waals surface area (Å²) in [4.78, 5) is 46.1. The van der Waals surface area contributed by atoms with Crippen molar-refractivity contribution in [2.45, 2.75) is 83.7 Å². The normalized spacial score (nSPS) is 11.2. The summed E-state index contributed by atoms with van der Waals surface area (Å²) in [5.74, 6) is -0.667. The Hall–Kier alpha value is -5.45. The van der Waals surface area contributed by atoms with Gasteiger partial charge in [0.05, 0.1) is 42.5 Å². The first kappa shape index (κ1) is 41.0. The van der Waals surface area contributed by atoms with Crippen LogP contribution in [0.3, 0.4) is 0 Å². The van der Waals surface area contributed by atoms with Gasteiger partial charge in [0, 0.05) is 12.2 Å². The van der Waals surface area contributed by atoms with Crippen LogP contribution < -0.4 is 14.2 Å². The third kappa shape index (κ3) is 15.2. The van der Waals surface area contributed by atoms with E-state index < -0.39 is 16.9 Å². The van der Waals surface area contributed by atoms with Crippen molar-refractivity contribution in [3.8, 4) is 28.4 Å². The number of benzene rings is 3. The lowest BCUT2D eigenvalue weighted by Gasteiger charge is -2.15. The number of nitro benzene ring substituents is 1. The molecule has 3 aromatic rings. The van der Waals surface area contributed by atoms with Gasteiger partial charge in [0.2, 0.25) is 0 Å². The molecule has 0 aliphatic heterocycles. The molecule has 278 valence electrons. The SMILES string of the molecule is C=CC(=O)OCCCCCCCCCCCOc1ccc(-c2ccc(C(=O)Oc3ccc(O[C@H](C)CCCOC(=O)C=C)c([N+](=O)[O-])c3)cc2)cc1. The highest BCUT2D eigenvalue weighted by molar-refractivity contribution is 5.91. The van der Waals surface area contributed by atoms with Gasteiger partial charge in [0.1, 0.15) is 11.5 Å². The van der Waals surface area contributed by atoms with E-state index in [9.17, 15) is 24.5 Å². The number of carbonyl (C=O) groups excluding carboxylic acids is 3. The smallest absolute Gasteiger partial charge is 0.343 e. The second-order valence-corrected chi connectivity index (χ2v) is 12.2. The van der Waals surface area contributed by atoms with Gasteiger partial charge in [0.15, 0.2) is 5.75 Å². The average molecular weight is 716 g/mol. The van der Waals surface area contributed by atoms with Crippen molar-refractivity contribution >= 4 is 23.6 Å². The van der Waals surface area contributed by atoms with E-state index in [-0.39, 0.29) is 35.9 Å². The zero-order valence-corrected chi connectivity index (χ0v) is 29.9. The summed E-state index contributed by atoms with van der Waals surface area (Å²) in [6.45, 7) is 9.79. The highest BCUT2D eigenvalue weighted by Gasteiger charge is 2.20. The van der Waals surface area contributed by atoms with E-state index in [1.807, 2.05) is 36.4 Å². The number of hydrogen-bond donors (Lipinski definition) is 0. The first-order valence-electron chi connectivity index (χ1n) is 17.8. The number of carbonyl (C=O) groups is 3. The van der Waals surface area contributed by atoms with Gasteiger partial charge >= 0.3 is 23.6 Å². The lowest BCUT2D eigenvalue weighted by molar-refractivity contribution is -0.386. The minimum Gasteiger partial charge on any atom is -0.494 e. The molecule has 52 heavy (non-hydrogen) atoms. The lowest BCUT2D eigenvalue weighted by Crippen LogP contribution is -2.14. The van der Waals surface area contributed by atoms with Crippen LogP contribution in [0.15, 0.2) is 92.0 Å². The topological polar surface area (TPSA) is 141 Å². The molecule has 0 saturated heterocycles. The number of unbranched alkanes of at least 4 members (excludes halogenated alkanes) is 8. The Morgan fingerprint density at radius 1 is 0.692 bits per heavy atom. The van der Waals surface area contributed by atoms with Crippen molar-refractivity contribution in [3.63, 3.8) is 0 Å². The van der Waals surface area contributed by atoms with Crippen molar-refractivity contribution in [2.24, 2.45) is 0 Å². The van der Waals surface area contributed by atoms with Crippen LogP contribution in [0.5, 0.6) is 17.2 Å². The predicted octanol–water partition coefficient (Wildman–Crippen LogP) is 9.38. The third-order valence-corrected chi connectivity index (χ3v) is 8.11. The number of nitro groups is 1. The number of rotatable bonds is 25. The summed E-state index contributed by atoms with van der Waals surface area (Å²) in [7, 11) is 0. The first-order valence-corrected chi connectivity index (χ1v) is 17.8. The molecule has 1 atom stereocenters. The third-order valence-electron chi connectivity index (χ3n) is 8.11. The van der Waals surface area contributed by atoms with Gasteiger partial charge < -0.3 is 23.7 Å². The Morgan fingerprint density at radius 2 is 1.19 bits per heavy atom. The van der Waals surface area contributed by atoms with Gasteiger partial charge in [-0.15, -0.1) is 0 Å². The minimum atomic E-state index is -0.651. The summed E-state index contributed by atoms with van der Waals surface area (Å²) in [5.41, 5.74) is 1.83. The van der Waals surface area contributed by atoms with Crippen LogP contribution in [0, 0.1) is 10.1 Å². The Labute approximate surface area is 305 Å². The summed E-state index contributed by atoms with van der Waals surface area (Å²) in [5, 5.41) is 11.7. The zero-order chi connectivity index (χ0) is 37.6. The quantitative estimate of drug-likeness (QED) is 0.0208. The summed E-state index contributed by atoms with van der Waals surface area (Å²) >= 11 is 0. The molecule has 0 heterocycles. The Kier molecular flexibility index (Phi) is 18.2. The van der Waals surface area contributed by atoms with Gasteiger partial charge in [0.25, 0.3) is 0 Å². The molecule has 11 nitrogen and oxygen atoms in total. The maximum atomic E-state index is 12.9. The molecule has 0 N–H and O–H groups in total. The van der Waals surface area contributed by atoms with Crippen LogP contribution in [-0.4, -0.2) is 48.8 Å². The maximum absolute atomic E-state index is 12.9. The fourth-order valence-electron chi connectivity index (χ4n) is 5.25. The van der Waals surface area contributed by atoms with Crippen LogP contribution >= 0.6 is 0 Å². The molecule has 0 bridgehead atoms. The van der Waals surface area contributed by atoms with E-state index in [0.717, 1.165) is 61.1 Å². The molecule has 0 unspecified atom stereocenters. The predicted molar refractivity (Wildman–Crippen MR) is 199 cm³/mol. The number of ether oxygens (including phenoxy) is 5. The fraction of sp³-hybridized carbons (Fsp3) is 0.390. The monoisotopic (exact) mass is 715 g/mol. The number of esters is 3. The molecule has 0 aliphatic carbocycles. The molecule has 3 aromatic carbocycles. The lowest BCUT2D eigenvalue weighted by atomic mass is 10.0. The van der Waals surface area contributed by atoms with E-state index in [0.29, 0.717) is 31.6 Å². The molecule has 0 aliphatic rings. The molecule has 0 fully saturated rings. The molecule has 0 spiro atoms. The van der Waals surface area contributed by atoms with Crippen LogP contribution in [0.4, 0.5) is 5.69 Å². The van der Waals surface area contributed by atoms with Crippen LogP contribution in [-0.2, 0) is 19.1 Å². The van der Waals surface area contributed by atoms with E-state index in [4.69, 9.17) is 23.7 Å². The standard InChI is InChI=1S/C41H49NO10/c1-4-39(43)49-28-14-12-10-8-6-7-9-11-13-27-48-35-23-21-33(22-24-35)32-17-19-34(20-18-32)41(45)52-36-25-26-38(37(30-36)42(46)47)51-31(3)16-15-29-50-40(44)5-2/h4-5,17-26,30-31H,1-2,6-16,27-29H2,3H3/t31-/m1/s1. The van der Waals surface area contributed by atoms with Crippen LogP contribution in [0.1, 0.15) is 87.9 Å². The fourth-order valence-corrected chi connectivity index (χ4v) is 5.25. The molecular formula is C41H49NO10. The Bertz CT molecular complexity index is 1600. The molecular weight excluding hydrogens is 666 g/mol. The molecule has 0 radical (unpaired) electrons. The van der Waals surface area contributed by atoms with Crippen molar-refractivity contribution in [1.82, 2.24) is 0 Å². The van der Waals surface area contributed by atoms with Gasteiger partial charge in [-0.2, -0.15) is 0 Å². The van der Waals surface area contributed by atoms with E-state index in [1.165, 1.54) is 43.9 Å². The van der Waals surface area contributed by atoms with Crippen LogP contribution in [0.25, 0.3) is 11.1 Å². The Morgan fingerprint density at radius 3 is 1.75 bits per heavy atom. The summed E-state index contributed by atoms with van der Waals surface area (Å²) < 4.78 is 27.0. The van der Waals surface area contributed by atoms with Crippen molar-refractivity contribution in [1.29, 1.82) is 0 Å². The number of nitrogens with zero attached hydrogens (tertiary/aromatic N) is 1. The molecule has 0 saturated carbocycles. The summed E-state index contributed by atoms with van der Waals surface area (Å²) in [6.07, 6.45) is 12.9. The van der Waals surface area contributed by atoms with Gasteiger partial charge in [-0.05, 0) is 80.1 Å². The summed E-state index contributed by atoms with van der Waals surface area (Å²) in [6, 6.07) is 18.7. The van der Waals surface area contributed by atoms with E-state index in [2.05, 4.69) is 13.2 Å². The molecule has 3 rings (SSSR count). The average Bonchev–Trinajstić information content (AvgIpc) is 3.15. The van der Waals surface area contributed by atoms with Crippen molar-refractivity contribution < 1.29 is 43.0 Å². The second-order valence-electron chi connectivity index (χ2n) is 12.2. The highest BCUT2D eigenvalue weighted by Crippen LogP contribution is 2.33. The number of hydrogen-bond acceptors (Lipinski definition) is 10. The van der Waals surface area contributed by atoms with E-state index in [1.54, 1.807) is 19.1 Å². The molecule has 11 heteroatoms. The van der Waals surface area contributed by atoms with Crippen molar-refractivity contribution in [3.05, 3.63) is 108 Å². The Balaban J connectivity index is 1.37. The first-order chi connectivity index (χ1) is 25.2. The zero-order valence-electron chi connectivity index (χ0n) is 29.9. The largest absolute Gasteiger partial charge is 0.494 e. The van der Waals surface area contributed by atoms with Gasteiger partial charge in [-0.3, -0.25) is 10.1 Å². The van der Waals surface area contributed by atoms with Gasteiger partial charge in [-0.25, -0.2) is 14.4 Å². The van der Waals surface area contributed by atoms with Gasteiger partial charge in [-0.1, -0.05) is 82.4 Å². The van der Waals surface area contributed by atoms with Crippen LogP contribution in [0.2, 0.25) is 0 Å². The second kappa shape index (κ2) is 23.1. The highest BCUT2D eigenvalue weighted by atomic mass is 16.6. The van der Waals surface area contributed by atoms with E-state index >= 15 is 0 Å². The molecule has 0 amide bonds. The molecule has 0 aromatic heterocycles.